The molecule has 0 spiro atoms. The first-order valence-corrected chi connectivity index (χ1v) is 11.6. The Kier molecular flexibility index (Phi) is 5.99. The number of hydrogen-bond acceptors (Lipinski definition) is 5. The van der Waals surface area contributed by atoms with Crippen LogP contribution in [0.2, 0.25) is 0 Å². The SMILES string of the molecule is COc1ccc2c(c1)[C@@H](NC(=O)[C@@H](C)N(c1ccccc1)S(C)(=O)=O)CC(C)(C)O2. The van der Waals surface area contributed by atoms with Gasteiger partial charge < -0.3 is 14.8 Å². The molecule has 8 heteroatoms. The van der Waals surface area contributed by atoms with Crippen molar-refractivity contribution in [2.75, 3.05) is 17.7 Å². The zero-order valence-electron chi connectivity index (χ0n) is 17.9. The van der Waals surface area contributed by atoms with Gasteiger partial charge in [0.25, 0.3) is 0 Å². The lowest BCUT2D eigenvalue weighted by Crippen LogP contribution is -2.50. The fourth-order valence-corrected chi connectivity index (χ4v) is 4.94. The van der Waals surface area contributed by atoms with Gasteiger partial charge in [0.2, 0.25) is 15.9 Å². The third kappa shape index (κ3) is 4.70. The molecule has 0 radical (unpaired) electrons. The number of benzene rings is 2. The number of anilines is 1. The van der Waals surface area contributed by atoms with E-state index in [-0.39, 0.29) is 11.9 Å². The third-order valence-electron chi connectivity index (χ3n) is 5.09. The van der Waals surface area contributed by atoms with Crippen molar-refractivity contribution in [3.63, 3.8) is 0 Å². The van der Waals surface area contributed by atoms with Crippen LogP contribution in [0.1, 0.15) is 38.8 Å². The number of fused-ring (bicyclic) bond motifs is 1. The highest BCUT2D eigenvalue weighted by Crippen LogP contribution is 2.41. The third-order valence-corrected chi connectivity index (χ3v) is 6.33. The van der Waals surface area contributed by atoms with Crippen molar-refractivity contribution in [1.29, 1.82) is 0 Å². The number of carbonyl (C=O) groups excluding carboxylic acids is 1. The number of carbonyl (C=O) groups is 1. The minimum Gasteiger partial charge on any atom is -0.497 e. The summed E-state index contributed by atoms with van der Waals surface area (Å²) in [4.78, 5) is 13.2. The lowest BCUT2D eigenvalue weighted by atomic mass is 9.89. The maximum absolute atomic E-state index is 13.2. The van der Waals surface area contributed by atoms with Crippen molar-refractivity contribution < 1.29 is 22.7 Å². The number of sulfonamides is 1. The largest absolute Gasteiger partial charge is 0.497 e. The zero-order valence-corrected chi connectivity index (χ0v) is 18.7. The number of rotatable bonds is 6. The van der Waals surface area contributed by atoms with Crippen LogP contribution in [0.15, 0.2) is 48.5 Å². The first-order chi connectivity index (χ1) is 14.0. The van der Waals surface area contributed by atoms with Gasteiger partial charge in [0.15, 0.2) is 0 Å². The van der Waals surface area contributed by atoms with Crippen molar-refractivity contribution in [3.05, 3.63) is 54.1 Å². The fraction of sp³-hybridized carbons (Fsp3) is 0.409. The normalized spacial score (nSPS) is 18.5. The monoisotopic (exact) mass is 432 g/mol. The van der Waals surface area contributed by atoms with E-state index < -0.39 is 21.7 Å². The molecule has 7 nitrogen and oxygen atoms in total. The molecule has 2 aromatic rings. The van der Waals surface area contributed by atoms with Gasteiger partial charge in [-0.2, -0.15) is 0 Å². The molecule has 1 amide bonds. The van der Waals surface area contributed by atoms with Crippen molar-refractivity contribution in [2.45, 2.75) is 44.9 Å². The summed E-state index contributed by atoms with van der Waals surface area (Å²) < 4.78 is 37.4. The molecule has 1 N–H and O–H groups in total. The number of amides is 1. The van der Waals surface area contributed by atoms with Gasteiger partial charge in [-0.1, -0.05) is 18.2 Å². The van der Waals surface area contributed by atoms with Crippen LogP contribution in [0.4, 0.5) is 5.69 Å². The number of para-hydroxylation sites is 1. The van der Waals surface area contributed by atoms with Crippen molar-refractivity contribution in [1.82, 2.24) is 5.32 Å². The highest BCUT2D eigenvalue weighted by atomic mass is 32.2. The second-order valence-corrected chi connectivity index (χ2v) is 9.96. The Morgan fingerprint density at radius 2 is 1.90 bits per heavy atom. The standard InChI is InChI=1S/C22H28N2O5S/c1-15(24(30(5,26)27)16-9-7-6-8-10-16)21(25)23-19-14-22(2,3)29-20-12-11-17(28-4)13-18(19)20/h6-13,15,19H,14H2,1-5H3,(H,23,25)/t15-,19+/m1/s1. The van der Waals surface area contributed by atoms with Crippen LogP contribution in [0.5, 0.6) is 11.5 Å². The van der Waals surface area contributed by atoms with E-state index in [9.17, 15) is 13.2 Å². The van der Waals surface area contributed by atoms with E-state index in [1.165, 1.54) is 0 Å². The Balaban J connectivity index is 1.91. The number of hydrogen-bond donors (Lipinski definition) is 1. The summed E-state index contributed by atoms with van der Waals surface area (Å²) in [7, 11) is -2.09. The van der Waals surface area contributed by atoms with E-state index in [2.05, 4.69) is 5.32 Å². The van der Waals surface area contributed by atoms with E-state index in [1.807, 2.05) is 32.0 Å². The Morgan fingerprint density at radius 1 is 1.23 bits per heavy atom. The van der Waals surface area contributed by atoms with E-state index in [4.69, 9.17) is 9.47 Å². The molecule has 3 rings (SSSR count). The molecular weight excluding hydrogens is 404 g/mol. The second-order valence-electron chi connectivity index (χ2n) is 8.10. The Morgan fingerprint density at radius 3 is 2.50 bits per heavy atom. The van der Waals surface area contributed by atoms with E-state index >= 15 is 0 Å². The molecule has 0 aromatic heterocycles. The van der Waals surface area contributed by atoms with Crippen LogP contribution in [0.3, 0.4) is 0 Å². The van der Waals surface area contributed by atoms with Gasteiger partial charge in [0.1, 0.15) is 23.1 Å². The molecule has 2 atom stereocenters. The summed E-state index contributed by atoms with van der Waals surface area (Å²) in [6, 6.07) is 12.8. The topological polar surface area (TPSA) is 84.9 Å². The highest BCUT2D eigenvalue weighted by molar-refractivity contribution is 7.92. The van der Waals surface area contributed by atoms with Gasteiger partial charge >= 0.3 is 0 Å². The lowest BCUT2D eigenvalue weighted by molar-refractivity contribution is -0.123. The minimum absolute atomic E-state index is 0.342. The van der Waals surface area contributed by atoms with Crippen LogP contribution in [0.25, 0.3) is 0 Å². The zero-order chi connectivity index (χ0) is 22.1. The minimum atomic E-state index is -3.67. The van der Waals surface area contributed by atoms with Crippen LogP contribution < -0.4 is 19.1 Å². The van der Waals surface area contributed by atoms with Crippen LogP contribution in [-0.2, 0) is 14.8 Å². The van der Waals surface area contributed by atoms with Gasteiger partial charge in [0, 0.05) is 12.0 Å². The molecule has 30 heavy (non-hydrogen) atoms. The summed E-state index contributed by atoms with van der Waals surface area (Å²) in [6.07, 6.45) is 1.64. The maximum Gasteiger partial charge on any atom is 0.244 e. The summed E-state index contributed by atoms with van der Waals surface area (Å²) in [5.74, 6) is 0.945. The Hall–Kier alpha value is -2.74. The Bertz CT molecular complexity index is 1020. The number of ether oxygens (including phenoxy) is 2. The smallest absolute Gasteiger partial charge is 0.244 e. The highest BCUT2D eigenvalue weighted by Gasteiger charge is 2.37. The molecule has 0 saturated carbocycles. The molecule has 1 aliphatic rings. The van der Waals surface area contributed by atoms with Crippen molar-refractivity contribution in [3.8, 4) is 11.5 Å². The summed E-state index contributed by atoms with van der Waals surface area (Å²) in [5.41, 5.74) is 0.760. The summed E-state index contributed by atoms with van der Waals surface area (Å²) in [6.45, 7) is 5.49. The molecule has 0 saturated heterocycles. The molecule has 0 bridgehead atoms. The number of nitrogens with zero attached hydrogens (tertiary/aromatic N) is 1. The predicted octanol–water partition coefficient (Wildman–Crippen LogP) is 3.27. The summed E-state index contributed by atoms with van der Waals surface area (Å²) in [5, 5.41) is 3.02. The molecule has 162 valence electrons. The molecule has 1 aliphatic heterocycles. The van der Waals surface area contributed by atoms with Crippen LogP contribution in [0, 0.1) is 0 Å². The van der Waals surface area contributed by atoms with Gasteiger partial charge in [-0.3, -0.25) is 9.10 Å². The quantitative estimate of drug-likeness (QED) is 0.757. The van der Waals surface area contributed by atoms with Gasteiger partial charge in [-0.15, -0.1) is 0 Å². The van der Waals surface area contributed by atoms with Crippen molar-refractivity contribution in [2.24, 2.45) is 0 Å². The predicted molar refractivity (Wildman–Crippen MR) is 116 cm³/mol. The van der Waals surface area contributed by atoms with E-state index in [0.29, 0.717) is 23.6 Å². The number of methoxy groups -OCH3 is 1. The van der Waals surface area contributed by atoms with Gasteiger partial charge in [-0.25, -0.2) is 8.42 Å². The molecule has 2 aromatic carbocycles. The average molecular weight is 433 g/mol. The number of nitrogens with one attached hydrogen (secondary N) is 1. The van der Waals surface area contributed by atoms with Crippen LogP contribution >= 0.6 is 0 Å². The average Bonchev–Trinajstić information content (AvgIpc) is 2.66. The molecule has 0 unspecified atom stereocenters. The van der Waals surface area contributed by atoms with E-state index in [0.717, 1.165) is 16.1 Å². The lowest BCUT2D eigenvalue weighted by Gasteiger charge is -2.39. The second kappa shape index (κ2) is 8.18. The maximum atomic E-state index is 13.2. The van der Waals surface area contributed by atoms with Gasteiger partial charge in [0.05, 0.1) is 25.1 Å². The van der Waals surface area contributed by atoms with Crippen molar-refractivity contribution >= 4 is 21.6 Å². The first-order valence-electron chi connectivity index (χ1n) is 9.73. The molecule has 0 aliphatic carbocycles. The fourth-order valence-electron chi connectivity index (χ4n) is 3.76. The Labute approximate surface area is 178 Å². The first kappa shape index (κ1) is 22.0. The van der Waals surface area contributed by atoms with E-state index in [1.54, 1.807) is 44.4 Å². The molecule has 0 fully saturated rings. The van der Waals surface area contributed by atoms with Gasteiger partial charge in [-0.05, 0) is 51.1 Å². The van der Waals surface area contributed by atoms with Crippen LogP contribution in [-0.4, -0.2) is 39.3 Å². The molecular formula is C22H28N2O5S. The summed E-state index contributed by atoms with van der Waals surface area (Å²) >= 11 is 0. The molecule has 1 heterocycles.